The van der Waals surface area contributed by atoms with Crippen molar-refractivity contribution in [1.82, 2.24) is 25.0 Å². The van der Waals surface area contributed by atoms with Gasteiger partial charge in [-0.15, -0.1) is 24.0 Å². The number of benzene rings is 1. The van der Waals surface area contributed by atoms with E-state index in [-0.39, 0.29) is 24.0 Å². The molecule has 0 aliphatic heterocycles. The zero-order valence-corrected chi connectivity index (χ0v) is 16.3. The van der Waals surface area contributed by atoms with Gasteiger partial charge in [-0.05, 0) is 12.1 Å². The Morgan fingerprint density at radius 1 is 1.38 bits per heavy atom. The lowest BCUT2D eigenvalue weighted by Gasteiger charge is -2.20. The number of furan rings is 1. The Balaban J connectivity index is 0.00000208. The molecule has 0 fully saturated rings. The molecule has 1 N–H and O–H groups in total. The first-order valence-corrected chi connectivity index (χ1v) is 7.39. The molecule has 1 aromatic carbocycles. The van der Waals surface area contributed by atoms with Gasteiger partial charge in [0.05, 0.1) is 13.1 Å². The van der Waals surface area contributed by atoms with E-state index in [9.17, 15) is 0 Å². The predicted molar refractivity (Wildman–Crippen MR) is 104 cm³/mol. The second kappa shape index (κ2) is 8.13. The molecule has 3 rings (SSSR count). The van der Waals surface area contributed by atoms with E-state index in [0.717, 1.165) is 28.5 Å². The smallest absolute Gasteiger partial charge is 0.194 e. The monoisotopic (exact) mass is 440 g/mol. The highest BCUT2D eigenvalue weighted by Crippen LogP contribution is 2.19. The molecule has 2 heterocycles. The third-order valence-electron chi connectivity index (χ3n) is 3.65. The summed E-state index contributed by atoms with van der Waals surface area (Å²) in [6, 6.07) is 10.1. The molecule has 8 heteroatoms. The van der Waals surface area contributed by atoms with Crippen molar-refractivity contribution in [3.8, 4) is 0 Å². The minimum absolute atomic E-state index is 0. The number of para-hydroxylation sites is 1. The van der Waals surface area contributed by atoms with Crippen LogP contribution in [-0.4, -0.2) is 39.7 Å². The lowest BCUT2D eigenvalue weighted by Crippen LogP contribution is -2.38. The Morgan fingerprint density at radius 3 is 2.83 bits per heavy atom. The maximum Gasteiger partial charge on any atom is 0.194 e. The average molecular weight is 440 g/mol. The van der Waals surface area contributed by atoms with Crippen LogP contribution in [0.5, 0.6) is 0 Å². The van der Waals surface area contributed by atoms with Gasteiger partial charge in [0.1, 0.15) is 23.5 Å². The van der Waals surface area contributed by atoms with Gasteiger partial charge >= 0.3 is 0 Å². The summed E-state index contributed by atoms with van der Waals surface area (Å²) in [7, 11) is 5.60. The van der Waals surface area contributed by atoms with Crippen LogP contribution in [0.3, 0.4) is 0 Å². The van der Waals surface area contributed by atoms with Crippen molar-refractivity contribution in [1.29, 1.82) is 0 Å². The van der Waals surface area contributed by atoms with Crippen molar-refractivity contribution >= 4 is 40.9 Å². The number of fused-ring (bicyclic) bond motifs is 1. The van der Waals surface area contributed by atoms with Crippen molar-refractivity contribution in [2.75, 3.05) is 14.1 Å². The largest absolute Gasteiger partial charge is 0.459 e. The molecule has 3 aromatic rings. The van der Waals surface area contributed by atoms with Crippen molar-refractivity contribution < 1.29 is 4.42 Å². The predicted octanol–water partition coefficient (Wildman–Crippen LogP) is 2.39. The van der Waals surface area contributed by atoms with Crippen LogP contribution >= 0.6 is 24.0 Å². The molecule has 0 aliphatic rings. The summed E-state index contributed by atoms with van der Waals surface area (Å²) in [6.45, 7) is 1.20. The highest BCUT2D eigenvalue weighted by Gasteiger charge is 2.11. The van der Waals surface area contributed by atoms with E-state index in [1.165, 1.54) is 6.33 Å². The van der Waals surface area contributed by atoms with Gasteiger partial charge in [-0.2, -0.15) is 5.10 Å². The maximum atomic E-state index is 5.85. The standard InChI is InChI=1S/C16H20N6O.HI/c1-17-16(18-9-15-19-11-20-22(15)3)21(2)10-13-8-12-6-4-5-7-14(12)23-13;/h4-8,11H,9-10H2,1-3H3,(H,17,18);1H. The van der Waals surface area contributed by atoms with E-state index in [2.05, 4.69) is 26.5 Å². The Bertz CT molecular complexity index is 792. The summed E-state index contributed by atoms with van der Waals surface area (Å²) < 4.78 is 7.59. The molecule has 7 nitrogen and oxygen atoms in total. The molecule has 0 amide bonds. The van der Waals surface area contributed by atoms with Gasteiger partial charge in [-0.25, -0.2) is 4.98 Å². The summed E-state index contributed by atoms with van der Waals surface area (Å²) >= 11 is 0. The van der Waals surface area contributed by atoms with Crippen molar-refractivity contribution in [2.45, 2.75) is 13.1 Å². The molecule has 0 bridgehead atoms. The molecule has 0 atom stereocenters. The Morgan fingerprint density at radius 2 is 2.17 bits per heavy atom. The van der Waals surface area contributed by atoms with Gasteiger partial charge in [-0.1, -0.05) is 18.2 Å². The van der Waals surface area contributed by atoms with E-state index in [4.69, 9.17) is 4.42 Å². The van der Waals surface area contributed by atoms with Gasteiger partial charge in [0.15, 0.2) is 5.96 Å². The highest BCUT2D eigenvalue weighted by molar-refractivity contribution is 14.0. The molecule has 128 valence electrons. The number of aliphatic imine (C=N–C) groups is 1. The second-order valence-electron chi connectivity index (χ2n) is 5.31. The van der Waals surface area contributed by atoms with Crippen molar-refractivity contribution in [2.24, 2.45) is 12.0 Å². The van der Waals surface area contributed by atoms with Crippen LogP contribution in [0.15, 0.2) is 46.1 Å². The minimum atomic E-state index is 0. The summed E-state index contributed by atoms with van der Waals surface area (Å²) in [5.41, 5.74) is 0.901. The molecule has 0 radical (unpaired) electrons. The zero-order chi connectivity index (χ0) is 16.2. The van der Waals surface area contributed by atoms with Crippen LogP contribution in [0.1, 0.15) is 11.6 Å². The lowest BCUT2D eigenvalue weighted by atomic mass is 10.2. The highest BCUT2D eigenvalue weighted by atomic mass is 127. The van der Waals surface area contributed by atoms with Gasteiger partial charge in [-0.3, -0.25) is 9.67 Å². The number of rotatable bonds is 4. The number of aromatic nitrogens is 3. The van der Waals surface area contributed by atoms with Crippen molar-refractivity contribution in [3.63, 3.8) is 0 Å². The molecule has 2 aromatic heterocycles. The van der Waals surface area contributed by atoms with E-state index < -0.39 is 0 Å². The number of nitrogens with zero attached hydrogens (tertiary/aromatic N) is 5. The Hall–Kier alpha value is -2.10. The molecule has 0 saturated heterocycles. The normalized spacial score (nSPS) is 11.4. The van der Waals surface area contributed by atoms with Crippen LogP contribution in [-0.2, 0) is 20.1 Å². The third kappa shape index (κ3) is 4.05. The van der Waals surface area contributed by atoms with Crippen LogP contribution in [0.2, 0.25) is 0 Å². The molecular formula is C16H21IN6O. The molecule has 0 unspecified atom stereocenters. The van der Waals surface area contributed by atoms with Crippen LogP contribution in [0, 0.1) is 0 Å². The number of nitrogens with one attached hydrogen (secondary N) is 1. The summed E-state index contributed by atoms with van der Waals surface area (Å²) in [5, 5.41) is 8.44. The molecule has 0 saturated carbocycles. The fourth-order valence-corrected chi connectivity index (χ4v) is 2.45. The van der Waals surface area contributed by atoms with E-state index in [0.29, 0.717) is 13.1 Å². The quantitative estimate of drug-likeness (QED) is 0.383. The summed E-state index contributed by atoms with van der Waals surface area (Å²) in [4.78, 5) is 10.5. The lowest BCUT2D eigenvalue weighted by molar-refractivity contribution is 0.411. The fraction of sp³-hybridized carbons (Fsp3) is 0.312. The fourth-order valence-electron chi connectivity index (χ4n) is 2.45. The molecule has 24 heavy (non-hydrogen) atoms. The molecule has 0 spiro atoms. The number of hydrogen-bond acceptors (Lipinski definition) is 4. The Labute approximate surface area is 157 Å². The van der Waals surface area contributed by atoms with Gasteiger partial charge in [0.2, 0.25) is 0 Å². The first-order chi connectivity index (χ1) is 11.2. The minimum Gasteiger partial charge on any atom is -0.459 e. The number of guanidine groups is 1. The molecule has 0 aliphatic carbocycles. The topological polar surface area (TPSA) is 71.5 Å². The SMILES string of the molecule is CN=C(NCc1ncnn1C)N(C)Cc1cc2ccccc2o1.I. The maximum absolute atomic E-state index is 5.85. The third-order valence-corrected chi connectivity index (χ3v) is 3.65. The van der Waals surface area contributed by atoms with E-state index >= 15 is 0 Å². The second-order valence-corrected chi connectivity index (χ2v) is 5.31. The van der Waals surface area contributed by atoms with Crippen LogP contribution in [0.25, 0.3) is 11.0 Å². The average Bonchev–Trinajstić information content (AvgIpc) is 3.13. The first-order valence-electron chi connectivity index (χ1n) is 7.39. The summed E-state index contributed by atoms with van der Waals surface area (Å²) in [6.07, 6.45) is 1.54. The van der Waals surface area contributed by atoms with Gasteiger partial charge in [0.25, 0.3) is 0 Å². The van der Waals surface area contributed by atoms with E-state index in [1.807, 2.05) is 43.3 Å². The molecular weight excluding hydrogens is 419 g/mol. The van der Waals surface area contributed by atoms with Crippen molar-refractivity contribution in [3.05, 3.63) is 48.2 Å². The van der Waals surface area contributed by atoms with Gasteiger partial charge < -0.3 is 14.6 Å². The number of hydrogen-bond donors (Lipinski definition) is 1. The summed E-state index contributed by atoms with van der Waals surface area (Å²) in [5.74, 6) is 2.52. The Kier molecular flexibility index (Phi) is 6.18. The van der Waals surface area contributed by atoms with Crippen LogP contribution in [0.4, 0.5) is 0 Å². The zero-order valence-electron chi connectivity index (χ0n) is 13.9. The first kappa shape index (κ1) is 18.2. The van der Waals surface area contributed by atoms with Crippen LogP contribution < -0.4 is 5.32 Å². The number of halogens is 1. The number of aryl methyl sites for hydroxylation is 1. The van der Waals surface area contributed by atoms with Gasteiger partial charge in [0, 0.05) is 26.5 Å². The van der Waals surface area contributed by atoms with E-state index in [1.54, 1.807) is 11.7 Å².